The van der Waals surface area contributed by atoms with Crippen LogP contribution in [0.4, 0.5) is 0 Å². The van der Waals surface area contributed by atoms with Crippen molar-refractivity contribution in [2.24, 2.45) is 0 Å². The number of thiazole rings is 1. The van der Waals surface area contributed by atoms with Crippen molar-refractivity contribution in [1.82, 2.24) is 10.3 Å². The van der Waals surface area contributed by atoms with E-state index in [2.05, 4.69) is 47.6 Å². The SMILES string of the molecule is Cc1ccc(SCCNC(=O)CSCc2nc3ccccc3s2)cc1. The number of nitrogens with one attached hydrogen (secondary N) is 1. The molecule has 6 heteroatoms. The van der Waals surface area contributed by atoms with E-state index < -0.39 is 0 Å². The smallest absolute Gasteiger partial charge is 0.230 e. The molecule has 0 fully saturated rings. The molecule has 25 heavy (non-hydrogen) atoms. The molecule has 0 aliphatic carbocycles. The Morgan fingerprint density at radius 2 is 1.96 bits per heavy atom. The number of carbonyl (C=O) groups is 1. The van der Waals surface area contributed by atoms with Gasteiger partial charge in [-0.15, -0.1) is 34.9 Å². The Balaban J connectivity index is 1.32. The van der Waals surface area contributed by atoms with Gasteiger partial charge < -0.3 is 5.32 Å². The molecule has 3 rings (SSSR count). The zero-order chi connectivity index (χ0) is 17.5. The molecule has 0 saturated heterocycles. The van der Waals surface area contributed by atoms with E-state index >= 15 is 0 Å². The van der Waals surface area contributed by atoms with Crippen LogP contribution in [-0.2, 0) is 10.5 Å². The van der Waals surface area contributed by atoms with Crippen LogP contribution in [0.1, 0.15) is 10.6 Å². The largest absolute Gasteiger partial charge is 0.355 e. The standard InChI is InChI=1S/C19H20N2OS3/c1-14-6-8-15(9-7-14)24-11-10-20-18(22)12-23-13-19-21-16-4-2-3-5-17(16)25-19/h2-9H,10-13H2,1H3,(H,20,22). The molecule has 0 aliphatic rings. The molecule has 1 heterocycles. The lowest BCUT2D eigenvalue weighted by molar-refractivity contribution is -0.118. The normalized spacial score (nSPS) is 10.9. The van der Waals surface area contributed by atoms with Crippen molar-refractivity contribution < 1.29 is 4.79 Å². The summed E-state index contributed by atoms with van der Waals surface area (Å²) in [4.78, 5) is 17.7. The fourth-order valence-corrected chi connectivity index (χ4v) is 4.90. The molecule has 0 spiro atoms. The summed E-state index contributed by atoms with van der Waals surface area (Å²) in [5.41, 5.74) is 2.31. The number of aromatic nitrogens is 1. The first-order chi connectivity index (χ1) is 12.2. The number of nitrogens with zero attached hydrogens (tertiary/aromatic N) is 1. The summed E-state index contributed by atoms with van der Waals surface area (Å²) < 4.78 is 1.20. The lowest BCUT2D eigenvalue weighted by Gasteiger charge is -2.05. The van der Waals surface area contributed by atoms with Gasteiger partial charge in [-0.05, 0) is 31.2 Å². The summed E-state index contributed by atoms with van der Waals surface area (Å²) in [7, 11) is 0. The van der Waals surface area contributed by atoms with E-state index in [4.69, 9.17) is 0 Å². The highest BCUT2D eigenvalue weighted by Crippen LogP contribution is 2.24. The molecule has 1 N–H and O–H groups in total. The molecule has 1 amide bonds. The van der Waals surface area contributed by atoms with Gasteiger partial charge in [-0.1, -0.05) is 29.8 Å². The van der Waals surface area contributed by atoms with Gasteiger partial charge in [0.15, 0.2) is 0 Å². The lowest BCUT2D eigenvalue weighted by Crippen LogP contribution is -2.27. The first kappa shape index (κ1) is 18.3. The third kappa shape index (κ3) is 5.76. The summed E-state index contributed by atoms with van der Waals surface area (Å²) in [5, 5.41) is 4.06. The van der Waals surface area contributed by atoms with Crippen LogP contribution in [0.5, 0.6) is 0 Å². The molecule has 2 aromatic carbocycles. The van der Waals surface area contributed by atoms with Crippen LogP contribution in [0.15, 0.2) is 53.4 Å². The van der Waals surface area contributed by atoms with E-state index in [0.717, 1.165) is 22.0 Å². The van der Waals surface area contributed by atoms with E-state index in [0.29, 0.717) is 12.3 Å². The number of hydrogen-bond donors (Lipinski definition) is 1. The Morgan fingerprint density at radius 3 is 2.76 bits per heavy atom. The Labute approximate surface area is 160 Å². The number of fused-ring (bicyclic) bond motifs is 1. The van der Waals surface area contributed by atoms with E-state index in [9.17, 15) is 4.79 Å². The van der Waals surface area contributed by atoms with E-state index in [1.165, 1.54) is 15.2 Å². The number of rotatable bonds is 8. The highest BCUT2D eigenvalue weighted by molar-refractivity contribution is 7.99. The van der Waals surface area contributed by atoms with Gasteiger partial charge in [0.1, 0.15) is 5.01 Å². The number of aryl methyl sites for hydroxylation is 1. The number of amides is 1. The Kier molecular flexibility index (Phi) is 6.78. The molecule has 3 nitrogen and oxygen atoms in total. The fraction of sp³-hybridized carbons (Fsp3) is 0.263. The number of hydrogen-bond acceptors (Lipinski definition) is 5. The molecule has 0 saturated carbocycles. The van der Waals surface area contributed by atoms with Gasteiger partial charge >= 0.3 is 0 Å². The molecule has 0 aliphatic heterocycles. The van der Waals surface area contributed by atoms with Crippen LogP contribution in [0.3, 0.4) is 0 Å². The average molecular weight is 389 g/mol. The molecule has 0 radical (unpaired) electrons. The van der Waals surface area contributed by atoms with Crippen molar-refractivity contribution >= 4 is 51.0 Å². The summed E-state index contributed by atoms with van der Waals surface area (Å²) >= 11 is 5.08. The van der Waals surface area contributed by atoms with Crippen molar-refractivity contribution in [3.8, 4) is 0 Å². The van der Waals surface area contributed by atoms with Gasteiger partial charge in [0.25, 0.3) is 0 Å². The molecule has 1 aromatic heterocycles. The predicted octanol–water partition coefficient (Wildman–Crippen LogP) is 4.75. The van der Waals surface area contributed by atoms with Crippen molar-refractivity contribution in [3.63, 3.8) is 0 Å². The zero-order valence-corrected chi connectivity index (χ0v) is 16.5. The Bertz CT molecular complexity index is 797. The number of para-hydroxylation sites is 1. The quantitative estimate of drug-likeness (QED) is 0.447. The van der Waals surface area contributed by atoms with Gasteiger partial charge in [-0.2, -0.15) is 0 Å². The van der Waals surface area contributed by atoms with Crippen molar-refractivity contribution in [3.05, 3.63) is 59.1 Å². The highest BCUT2D eigenvalue weighted by Gasteiger charge is 2.06. The minimum atomic E-state index is 0.0932. The minimum absolute atomic E-state index is 0.0932. The van der Waals surface area contributed by atoms with E-state index in [-0.39, 0.29) is 5.91 Å². The molecule has 0 atom stereocenters. The second-order valence-electron chi connectivity index (χ2n) is 5.58. The van der Waals surface area contributed by atoms with Gasteiger partial charge in [0.05, 0.1) is 16.0 Å². The Hall–Kier alpha value is -1.50. The first-order valence-electron chi connectivity index (χ1n) is 8.09. The Morgan fingerprint density at radius 1 is 1.16 bits per heavy atom. The second-order valence-corrected chi connectivity index (χ2v) is 8.85. The van der Waals surface area contributed by atoms with Crippen LogP contribution in [0.25, 0.3) is 10.2 Å². The van der Waals surface area contributed by atoms with Crippen molar-refractivity contribution in [1.29, 1.82) is 0 Å². The van der Waals surface area contributed by atoms with Crippen molar-refractivity contribution in [2.75, 3.05) is 18.1 Å². The first-order valence-corrected chi connectivity index (χ1v) is 11.0. The molecule has 3 aromatic rings. The molecule has 0 bridgehead atoms. The maximum Gasteiger partial charge on any atom is 0.230 e. The topological polar surface area (TPSA) is 42.0 Å². The summed E-state index contributed by atoms with van der Waals surface area (Å²) in [6.07, 6.45) is 0. The van der Waals surface area contributed by atoms with Gasteiger partial charge in [0.2, 0.25) is 5.91 Å². The van der Waals surface area contributed by atoms with E-state index in [1.54, 1.807) is 34.9 Å². The van der Waals surface area contributed by atoms with Crippen LogP contribution in [0, 0.1) is 6.92 Å². The monoisotopic (exact) mass is 388 g/mol. The minimum Gasteiger partial charge on any atom is -0.355 e. The molecular weight excluding hydrogens is 368 g/mol. The molecular formula is C19H20N2OS3. The fourth-order valence-electron chi connectivity index (χ4n) is 2.26. The maximum atomic E-state index is 11.9. The second kappa shape index (κ2) is 9.27. The lowest BCUT2D eigenvalue weighted by atomic mass is 10.2. The van der Waals surface area contributed by atoms with Crippen molar-refractivity contribution in [2.45, 2.75) is 17.6 Å². The maximum absolute atomic E-state index is 11.9. The molecule has 130 valence electrons. The van der Waals surface area contributed by atoms with Crippen LogP contribution >= 0.6 is 34.9 Å². The van der Waals surface area contributed by atoms with Crippen LogP contribution in [-0.4, -0.2) is 28.9 Å². The summed E-state index contributed by atoms with van der Waals surface area (Å²) in [6, 6.07) is 16.6. The van der Waals surface area contributed by atoms with Gasteiger partial charge in [0, 0.05) is 22.9 Å². The number of thioether (sulfide) groups is 2. The third-order valence-corrected chi connectivity index (χ3v) is 6.69. The summed E-state index contributed by atoms with van der Waals surface area (Å²) in [6.45, 7) is 2.78. The molecule has 0 unspecified atom stereocenters. The summed E-state index contributed by atoms with van der Waals surface area (Å²) in [5.74, 6) is 2.24. The van der Waals surface area contributed by atoms with E-state index in [1.807, 2.05) is 18.2 Å². The average Bonchev–Trinajstić information content (AvgIpc) is 3.03. The number of carbonyl (C=O) groups excluding carboxylic acids is 1. The van der Waals surface area contributed by atoms with Crippen LogP contribution in [0.2, 0.25) is 0 Å². The highest BCUT2D eigenvalue weighted by atomic mass is 32.2. The predicted molar refractivity (Wildman–Crippen MR) is 111 cm³/mol. The third-order valence-electron chi connectivity index (χ3n) is 3.51. The van der Waals surface area contributed by atoms with Gasteiger partial charge in [-0.25, -0.2) is 4.98 Å². The zero-order valence-electron chi connectivity index (χ0n) is 14.0. The van der Waals surface area contributed by atoms with Gasteiger partial charge in [-0.3, -0.25) is 4.79 Å². The van der Waals surface area contributed by atoms with Crippen LogP contribution < -0.4 is 5.32 Å². The number of benzene rings is 2.